The van der Waals surface area contributed by atoms with Crippen LogP contribution in [0.25, 0.3) is 0 Å². The summed E-state index contributed by atoms with van der Waals surface area (Å²) in [5, 5.41) is 0. The van der Waals surface area contributed by atoms with E-state index in [4.69, 9.17) is 5.73 Å². The number of amides is 1. The Labute approximate surface area is 106 Å². The van der Waals surface area contributed by atoms with Gasteiger partial charge in [-0.05, 0) is 47.3 Å². The number of carbonyl (C=O) groups is 1. The van der Waals surface area contributed by atoms with Crippen LogP contribution >= 0.6 is 0 Å². The van der Waals surface area contributed by atoms with Gasteiger partial charge in [0.2, 0.25) is 5.91 Å². The number of nitrogens with two attached hydrogens (primary N) is 1. The lowest BCUT2D eigenvalue weighted by atomic mass is 10.0. The third kappa shape index (κ3) is 6.03. The van der Waals surface area contributed by atoms with Gasteiger partial charge in [-0.1, -0.05) is 6.92 Å². The Balaban J connectivity index is 4.37. The molecule has 0 saturated heterocycles. The molecule has 0 aromatic carbocycles. The van der Waals surface area contributed by atoms with Gasteiger partial charge in [0.25, 0.3) is 0 Å². The van der Waals surface area contributed by atoms with E-state index in [1.807, 2.05) is 32.8 Å². The number of likely N-dealkylation sites (N-methyl/N-ethyl adjacent to an activating group) is 2. The molecule has 0 aliphatic heterocycles. The van der Waals surface area contributed by atoms with E-state index in [0.29, 0.717) is 6.54 Å². The monoisotopic (exact) mass is 243 g/mol. The molecule has 2 N–H and O–H groups in total. The Morgan fingerprint density at radius 2 is 1.88 bits per heavy atom. The quantitative estimate of drug-likeness (QED) is 0.696. The van der Waals surface area contributed by atoms with Crippen LogP contribution in [0.3, 0.4) is 0 Å². The minimum Gasteiger partial charge on any atom is -0.339 e. The van der Waals surface area contributed by atoms with E-state index in [9.17, 15) is 4.79 Å². The molecule has 0 fully saturated rings. The van der Waals surface area contributed by atoms with Gasteiger partial charge in [-0.15, -0.1) is 0 Å². The third-order valence-corrected chi connectivity index (χ3v) is 3.05. The molecular weight excluding hydrogens is 214 g/mol. The molecule has 2 atom stereocenters. The molecular formula is C13H29N3O. The number of carbonyl (C=O) groups excluding carboxylic acids is 1. The van der Waals surface area contributed by atoms with E-state index in [2.05, 4.69) is 11.8 Å². The summed E-state index contributed by atoms with van der Waals surface area (Å²) in [7, 11) is 4.07. The molecule has 1 amide bonds. The summed E-state index contributed by atoms with van der Waals surface area (Å²) in [6.07, 6.45) is 1.81. The fourth-order valence-corrected chi connectivity index (χ4v) is 2.14. The van der Waals surface area contributed by atoms with Crippen molar-refractivity contribution >= 4 is 5.91 Å². The van der Waals surface area contributed by atoms with Gasteiger partial charge >= 0.3 is 0 Å². The zero-order chi connectivity index (χ0) is 13.4. The molecule has 0 aromatic rings. The van der Waals surface area contributed by atoms with Crippen molar-refractivity contribution in [3.8, 4) is 0 Å². The summed E-state index contributed by atoms with van der Waals surface area (Å²) in [6.45, 7) is 8.50. The van der Waals surface area contributed by atoms with Gasteiger partial charge in [0.1, 0.15) is 0 Å². The Morgan fingerprint density at radius 3 is 2.29 bits per heavy atom. The highest BCUT2D eigenvalue weighted by atomic mass is 16.2. The minimum absolute atomic E-state index is 0.0862. The van der Waals surface area contributed by atoms with Gasteiger partial charge < -0.3 is 15.5 Å². The number of nitrogens with zero attached hydrogens (tertiary/aromatic N) is 2. The number of hydrogen-bond acceptors (Lipinski definition) is 3. The molecule has 0 bridgehead atoms. The Bertz CT molecular complexity index is 219. The van der Waals surface area contributed by atoms with Crippen molar-refractivity contribution in [3.63, 3.8) is 0 Å². The van der Waals surface area contributed by atoms with Gasteiger partial charge in [-0.3, -0.25) is 4.79 Å². The van der Waals surface area contributed by atoms with E-state index in [1.165, 1.54) is 0 Å². The lowest BCUT2D eigenvalue weighted by Crippen LogP contribution is -2.45. The van der Waals surface area contributed by atoms with E-state index in [-0.39, 0.29) is 17.9 Å². The molecule has 102 valence electrons. The van der Waals surface area contributed by atoms with Crippen molar-refractivity contribution < 1.29 is 4.79 Å². The first kappa shape index (κ1) is 16.4. The van der Waals surface area contributed by atoms with Crippen LogP contribution in [0.15, 0.2) is 0 Å². The summed E-state index contributed by atoms with van der Waals surface area (Å²) in [5.41, 5.74) is 5.48. The average molecular weight is 243 g/mol. The zero-order valence-corrected chi connectivity index (χ0v) is 12.1. The molecule has 0 spiro atoms. The molecule has 4 nitrogen and oxygen atoms in total. The Morgan fingerprint density at radius 1 is 1.29 bits per heavy atom. The van der Waals surface area contributed by atoms with Crippen LogP contribution < -0.4 is 5.73 Å². The van der Waals surface area contributed by atoms with Gasteiger partial charge in [0.15, 0.2) is 0 Å². The smallest absolute Gasteiger partial charge is 0.225 e. The second-order valence-electron chi connectivity index (χ2n) is 5.07. The van der Waals surface area contributed by atoms with Crippen LogP contribution in [0.4, 0.5) is 0 Å². The normalized spacial score (nSPS) is 14.8. The fourth-order valence-electron chi connectivity index (χ4n) is 2.14. The van der Waals surface area contributed by atoms with Crippen LogP contribution in [0, 0.1) is 5.92 Å². The summed E-state index contributed by atoms with van der Waals surface area (Å²) >= 11 is 0. The molecule has 4 heteroatoms. The minimum atomic E-state index is 0.0862. The fraction of sp³-hybridized carbons (Fsp3) is 0.923. The summed E-state index contributed by atoms with van der Waals surface area (Å²) < 4.78 is 0. The first-order valence-electron chi connectivity index (χ1n) is 6.59. The van der Waals surface area contributed by atoms with E-state index in [1.54, 1.807) is 0 Å². The number of rotatable bonds is 8. The highest BCUT2D eigenvalue weighted by Crippen LogP contribution is 2.12. The largest absolute Gasteiger partial charge is 0.339 e. The lowest BCUT2D eigenvalue weighted by Gasteiger charge is -2.32. The van der Waals surface area contributed by atoms with Crippen molar-refractivity contribution in [1.82, 2.24) is 9.80 Å². The second-order valence-corrected chi connectivity index (χ2v) is 5.07. The molecule has 0 aliphatic carbocycles. The first-order valence-corrected chi connectivity index (χ1v) is 6.59. The van der Waals surface area contributed by atoms with Crippen LogP contribution in [-0.2, 0) is 4.79 Å². The lowest BCUT2D eigenvalue weighted by molar-refractivity contribution is -0.137. The SMILES string of the molecule is CCN(C(=O)C(C)CCCN)C(C)CN(C)C. The van der Waals surface area contributed by atoms with Crippen molar-refractivity contribution in [1.29, 1.82) is 0 Å². The molecule has 0 rings (SSSR count). The predicted octanol–water partition coefficient (Wildman–Crippen LogP) is 1.16. The first-order chi connectivity index (χ1) is 7.93. The van der Waals surface area contributed by atoms with Gasteiger partial charge in [0.05, 0.1) is 0 Å². The van der Waals surface area contributed by atoms with Gasteiger partial charge in [-0.2, -0.15) is 0 Å². The topological polar surface area (TPSA) is 49.6 Å². The van der Waals surface area contributed by atoms with Crippen molar-refractivity contribution in [2.75, 3.05) is 33.7 Å². The van der Waals surface area contributed by atoms with Crippen LogP contribution in [0.2, 0.25) is 0 Å². The van der Waals surface area contributed by atoms with Crippen LogP contribution in [0.1, 0.15) is 33.6 Å². The van der Waals surface area contributed by atoms with Gasteiger partial charge in [0, 0.05) is 25.0 Å². The standard InChI is InChI=1S/C13H29N3O/c1-6-16(12(3)10-15(4)5)13(17)11(2)8-7-9-14/h11-12H,6-10,14H2,1-5H3. The molecule has 0 aromatic heterocycles. The summed E-state index contributed by atoms with van der Waals surface area (Å²) in [5.74, 6) is 0.346. The Kier molecular flexibility index (Phi) is 8.17. The van der Waals surface area contributed by atoms with E-state index >= 15 is 0 Å². The van der Waals surface area contributed by atoms with E-state index < -0.39 is 0 Å². The highest BCUT2D eigenvalue weighted by Gasteiger charge is 2.23. The third-order valence-electron chi connectivity index (χ3n) is 3.05. The van der Waals surface area contributed by atoms with Crippen molar-refractivity contribution in [2.24, 2.45) is 11.7 Å². The van der Waals surface area contributed by atoms with Crippen molar-refractivity contribution in [3.05, 3.63) is 0 Å². The maximum atomic E-state index is 12.3. The summed E-state index contributed by atoms with van der Waals surface area (Å²) in [4.78, 5) is 16.4. The highest BCUT2D eigenvalue weighted by molar-refractivity contribution is 5.78. The summed E-state index contributed by atoms with van der Waals surface area (Å²) in [6, 6.07) is 0.267. The molecule has 2 unspecified atom stereocenters. The van der Waals surface area contributed by atoms with Crippen LogP contribution in [-0.4, -0.2) is 55.5 Å². The molecule has 0 saturated carbocycles. The maximum absolute atomic E-state index is 12.3. The zero-order valence-electron chi connectivity index (χ0n) is 12.1. The molecule has 17 heavy (non-hydrogen) atoms. The van der Waals surface area contributed by atoms with Gasteiger partial charge in [-0.25, -0.2) is 0 Å². The van der Waals surface area contributed by atoms with E-state index in [0.717, 1.165) is 25.9 Å². The molecule has 0 heterocycles. The molecule has 0 radical (unpaired) electrons. The molecule has 0 aliphatic rings. The Hall–Kier alpha value is -0.610. The average Bonchev–Trinajstić information content (AvgIpc) is 2.25. The number of hydrogen-bond donors (Lipinski definition) is 1. The predicted molar refractivity (Wildman–Crippen MR) is 72.9 cm³/mol. The van der Waals surface area contributed by atoms with Crippen LogP contribution in [0.5, 0.6) is 0 Å². The van der Waals surface area contributed by atoms with Crippen molar-refractivity contribution in [2.45, 2.75) is 39.7 Å². The maximum Gasteiger partial charge on any atom is 0.225 e. The second kappa shape index (κ2) is 8.48.